The molecule has 0 saturated heterocycles. The molecule has 1 heterocycles. The minimum absolute atomic E-state index is 0.0485. The fourth-order valence-corrected chi connectivity index (χ4v) is 2.51. The number of hydrogen-bond donors (Lipinski definition) is 1. The quantitative estimate of drug-likeness (QED) is 0.833. The average Bonchev–Trinajstić information content (AvgIpc) is 2.33. The summed E-state index contributed by atoms with van der Waals surface area (Å²) in [5, 5.41) is 0. The van der Waals surface area contributed by atoms with Gasteiger partial charge in [0.1, 0.15) is 5.82 Å². The van der Waals surface area contributed by atoms with E-state index in [9.17, 15) is 4.79 Å². The maximum absolute atomic E-state index is 11.8. The molecular formula is C13H20N2O. The van der Waals surface area contributed by atoms with E-state index in [-0.39, 0.29) is 5.56 Å². The summed E-state index contributed by atoms with van der Waals surface area (Å²) in [6.07, 6.45) is 7.06. The Morgan fingerprint density at radius 3 is 2.62 bits per heavy atom. The van der Waals surface area contributed by atoms with Gasteiger partial charge in [-0.25, -0.2) is 4.98 Å². The number of nitrogens with one attached hydrogen (secondary N) is 1. The van der Waals surface area contributed by atoms with Crippen molar-refractivity contribution in [1.82, 2.24) is 9.97 Å². The molecular weight excluding hydrogens is 200 g/mol. The molecule has 1 aromatic heterocycles. The Morgan fingerprint density at radius 1 is 1.31 bits per heavy atom. The largest absolute Gasteiger partial charge is 0.310 e. The van der Waals surface area contributed by atoms with Gasteiger partial charge in [-0.3, -0.25) is 4.79 Å². The van der Waals surface area contributed by atoms with Crippen molar-refractivity contribution < 1.29 is 0 Å². The van der Waals surface area contributed by atoms with Crippen LogP contribution in [0.5, 0.6) is 0 Å². The highest BCUT2D eigenvalue weighted by atomic mass is 16.1. The van der Waals surface area contributed by atoms with Gasteiger partial charge in [0, 0.05) is 11.5 Å². The summed E-state index contributed by atoms with van der Waals surface area (Å²) in [6.45, 7) is 3.91. The maximum atomic E-state index is 11.8. The van der Waals surface area contributed by atoms with Crippen molar-refractivity contribution in [3.05, 3.63) is 27.4 Å². The van der Waals surface area contributed by atoms with Crippen molar-refractivity contribution >= 4 is 0 Å². The van der Waals surface area contributed by atoms with E-state index in [2.05, 4.69) is 16.9 Å². The van der Waals surface area contributed by atoms with Crippen LogP contribution in [0.3, 0.4) is 0 Å². The van der Waals surface area contributed by atoms with Gasteiger partial charge in [-0.2, -0.15) is 0 Å². The van der Waals surface area contributed by atoms with Crippen molar-refractivity contribution in [2.24, 2.45) is 0 Å². The van der Waals surface area contributed by atoms with E-state index < -0.39 is 0 Å². The van der Waals surface area contributed by atoms with Crippen LogP contribution in [-0.4, -0.2) is 9.97 Å². The molecule has 3 nitrogen and oxygen atoms in total. The number of nitrogens with zero attached hydrogens (tertiary/aromatic N) is 1. The van der Waals surface area contributed by atoms with E-state index >= 15 is 0 Å². The summed E-state index contributed by atoms with van der Waals surface area (Å²) < 4.78 is 0. The third kappa shape index (κ3) is 2.18. The first kappa shape index (κ1) is 11.4. The van der Waals surface area contributed by atoms with Crippen molar-refractivity contribution in [2.75, 3.05) is 0 Å². The predicted octanol–water partition coefficient (Wildman–Crippen LogP) is 2.69. The minimum atomic E-state index is 0.0485. The van der Waals surface area contributed by atoms with Crippen molar-refractivity contribution in [3.8, 4) is 0 Å². The van der Waals surface area contributed by atoms with Crippen LogP contribution in [0.4, 0.5) is 0 Å². The van der Waals surface area contributed by atoms with Gasteiger partial charge in [0.05, 0.1) is 5.69 Å². The van der Waals surface area contributed by atoms with E-state index in [1.807, 2.05) is 6.92 Å². The SMILES string of the molecule is CCc1nc(C2CCCCC2)[nH]c(=O)c1C. The Bertz CT molecular complexity index is 416. The highest BCUT2D eigenvalue weighted by Crippen LogP contribution is 2.30. The van der Waals surface area contributed by atoms with Crippen LogP contribution in [0.1, 0.15) is 62.0 Å². The first-order valence-corrected chi connectivity index (χ1v) is 6.32. The number of aromatic amines is 1. The van der Waals surface area contributed by atoms with E-state index in [4.69, 9.17) is 0 Å². The lowest BCUT2D eigenvalue weighted by atomic mass is 9.88. The summed E-state index contributed by atoms with van der Waals surface area (Å²) in [7, 11) is 0. The zero-order chi connectivity index (χ0) is 11.5. The first-order valence-electron chi connectivity index (χ1n) is 6.32. The van der Waals surface area contributed by atoms with Crippen LogP contribution in [0.2, 0.25) is 0 Å². The molecule has 0 bridgehead atoms. The molecule has 0 unspecified atom stereocenters. The zero-order valence-electron chi connectivity index (χ0n) is 10.2. The van der Waals surface area contributed by atoms with Gasteiger partial charge in [-0.05, 0) is 26.2 Å². The Kier molecular flexibility index (Phi) is 3.42. The van der Waals surface area contributed by atoms with Crippen LogP contribution in [0.25, 0.3) is 0 Å². The molecule has 16 heavy (non-hydrogen) atoms. The molecule has 3 heteroatoms. The molecule has 0 aromatic carbocycles. The lowest BCUT2D eigenvalue weighted by Crippen LogP contribution is -2.20. The lowest BCUT2D eigenvalue weighted by Gasteiger charge is -2.21. The molecule has 0 atom stereocenters. The molecule has 0 aliphatic heterocycles. The summed E-state index contributed by atoms with van der Waals surface area (Å²) in [5.41, 5.74) is 1.79. The molecule has 1 aliphatic rings. The molecule has 88 valence electrons. The summed E-state index contributed by atoms with van der Waals surface area (Å²) >= 11 is 0. The van der Waals surface area contributed by atoms with Crippen molar-refractivity contribution in [1.29, 1.82) is 0 Å². The van der Waals surface area contributed by atoms with E-state index in [0.29, 0.717) is 5.92 Å². The van der Waals surface area contributed by atoms with Crippen molar-refractivity contribution in [3.63, 3.8) is 0 Å². The summed E-state index contributed by atoms with van der Waals surface area (Å²) in [4.78, 5) is 19.3. The summed E-state index contributed by atoms with van der Waals surface area (Å²) in [6, 6.07) is 0. The van der Waals surface area contributed by atoms with Crippen LogP contribution >= 0.6 is 0 Å². The van der Waals surface area contributed by atoms with E-state index in [1.54, 1.807) is 0 Å². The van der Waals surface area contributed by atoms with Gasteiger partial charge in [0.15, 0.2) is 0 Å². The smallest absolute Gasteiger partial charge is 0.254 e. The molecule has 0 spiro atoms. The van der Waals surface area contributed by atoms with Gasteiger partial charge in [-0.1, -0.05) is 26.2 Å². The highest BCUT2D eigenvalue weighted by Gasteiger charge is 2.18. The third-order valence-corrected chi connectivity index (χ3v) is 3.60. The van der Waals surface area contributed by atoms with Crippen LogP contribution in [0, 0.1) is 6.92 Å². The standard InChI is InChI=1S/C13H20N2O/c1-3-11-9(2)13(16)15-12(14-11)10-7-5-4-6-8-10/h10H,3-8H2,1-2H3,(H,14,15,16). The molecule has 1 aliphatic carbocycles. The molecule has 1 aromatic rings. The second-order valence-electron chi connectivity index (χ2n) is 4.71. The third-order valence-electron chi connectivity index (χ3n) is 3.60. The topological polar surface area (TPSA) is 45.8 Å². The number of hydrogen-bond acceptors (Lipinski definition) is 2. The van der Waals surface area contributed by atoms with Crippen LogP contribution < -0.4 is 5.56 Å². The fraction of sp³-hybridized carbons (Fsp3) is 0.692. The first-order chi connectivity index (χ1) is 7.72. The van der Waals surface area contributed by atoms with Crippen LogP contribution in [-0.2, 0) is 6.42 Å². The average molecular weight is 220 g/mol. The van der Waals surface area contributed by atoms with Gasteiger partial charge in [0.25, 0.3) is 5.56 Å². The monoisotopic (exact) mass is 220 g/mol. The van der Waals surface area contributed by atoms with Gasteiger partial charge < -0.3 is 4.98 Å². The minimum Gasteiger partial charge on any atom is -0.310 e. The maximum Gasteiger partial charge on any atom is 0.254 e. The lowest BCUT2D eigenvalue weighted by molar-refractivity contribution is 0.426. The van der Waals surface area contributed by atoms with Crippen LogP contribution in [0.15, 0.2) is 4.79 Å². The Labute approximate surface area is 96.3 Å². The Balaban J connectivity index is 2.33. The molecule has 1 saturated carbocycles. The summed E-state index contributed by atoms with van der Waals surface area (Å²) in [5.74, 6) is 1.40. The molecule has 2 rings (SSSR count). The second kappa shape index (κ2) is 4.81. The molecule has 0 radical (unpaired) electrons. The second-order valence-corrected chi connectivity index (χ2v) is 4.71. The van der Waals surface area contributed by atoms with Gasteiger partial charge in [0.2, 0.25) is 0 Å². The normalized spacial score (nSPS) is 17.6. The zero-order valence-corrected chi connectivity index (χ0v) is 10.2. The highest BCUT2D eigenvalue weighted by molar-refractivity contribution is 5.17. The number of H-pyrrole nitrogens is 1. The molecule has 1 fully saturated rings. The molecule has 1 N–H and O–H groups in total. The molecule has 0 amide bonds. The number of rotatable bonds is 2. The number of aromatic nitrogens is 2. The van der Waals surface area contributed by atoms with Gasteiger partial charge in [-0.15, -0.1) is 0 Å². The fourth-order valence-electron chi connectivity index (χ4n) is 2.51. The van der Waals surface area contributed by atoms with E-state index in [0.717, 1.165) is 23.5 Å². The number of aryl methyl sites for hydroxylation is 1. The predicted molar refractivity (Wildman–Crippen MR) is 64.8 cm³/mol. The van der Waals surface area contributed by atoms with Crippen molar-refractivity contribution in [2.45, 2.75) is 58.3 Å². The van der Waals surface area contributed by atoms with E-state index in [1.165, 1.54) is 32.1 Å². The Morgan fingerprint density at radius 2 is 2.00 bits per heavy atom. The van der Waals surface area contributed by atoms with Gasteiger partial charge >= 0.3 is 0 Å². The Hall–Kier alpha value is -1.12.